The number of rotatable bonds is 6. The Balaban J connectivity index is 1.45. The third-order valence-electron chi connectivity index (χ3n) is 6.24. The molecule has 2 saturated heterocycles. The zero-order valence-corrected chi connectivity index (χ0v) is 18.6. The molecule has 29 heavy (non-hydrogen) atoms. The van der Waals surface area contributed by atoms with Gasteiger partial charge in [-0.25, -0.2) is 0 Å². The molecule has 0 amide bonds. The van der Waals surface area contributed by atoms with Gasteiger partial charge in [-0.2, -0.15) is 0 Å². The normalized spacial score (nSPS) is 20.6. The molecule has 3 rings (SSSR count). The van der Waals surface area contributed by atoms with Gasteiger partial charge in [0, 0.05) is 83.7 Å². The van der Waals surface area contributed by atoms with Crippen molar-refractivity contribution < 1.29 is 4.74 Å². The Morgan fingerprint density at radius 1 is 1.10 bits per heavy atom. The number of aliphatic imine (C=N–C) groups is 1. The summed E-state index contributed by atoms with van der Waals surface area (Å²) in [6.45, 7) is 15.3. The van der Waals surface area contributed by atoms with Crippen LogP contribution in [0, 0.1) is 0 Å². The fourth-order valence-corrected chi connectivity index (χ4v) is 4.20. The maximum atomic E-state index is 5.37. The fourth-order valence-electron chi connectivity index (χ4n) is 4.20. The highest BCUT2D eigenvalue weighted by Crippen LogP contribution is 2.22. The molecule has 1 unspecified atom stereocenters. The van der Waals surface area contributed by atoms with Gasteiger partial charge in [-0.3, -0.25) is 9.89 Å². The van der Waals surface area contributed by atoms with Crippen molar-refractivity contribution in [2.75, 3.05) is 84.5 Å². The first kappa shape index (κ1) is 21.7. The fraction of sp³-hybridized carbons (Fsp3) is 0.682. The Morgan fingerprint density at radius 3 is 2.45 bits per heavy atom. The van der Waals surface area contributed by atoms with Crippen molar-refractivity contribution in [1.82, 2.24) is 20.0 Å². The first-order valence-corrected chi connectivity index (χ1v) is 11.0. The van der Waals surface area contributed by atoms with E-state index in [9.17, 15) is 0 Å². The minimum absolute atomic E-state index is 0.517. The highest BCUT2D eigenvalue weighted by atomic mass is 16.5. The average molecular weight is 403 g/mol. The van der Waals surface area contributed by atoms with Crippen LogP contribution in [0.5, 0.6) is 5.75 Å². The highest BCUT2D eigenvalue weighted by molar-refractivity contribution is 5.80. The number of nitrogens with one attached hydrogen (secondary N) is 1. The third-order valence-corrected chi connectivity index (χ3v) is 6.24. The molecule has 0 saturated carbocycles. The Bertz CT molecular complexity index is 650. The predicted molar refractivity (Wildman–Crippen MR) is 121 cm³/mol. The Kier molecular flexibility index (Phi) is 8.00. The van der Waals surface area contributed by atoms with Gasteiger partial charge >= 0.3 is 0 Å². The molecule has 162 valence electrons. The molecule has 1 atom stereocenters. The van der Waals surface area contributed by atoms with Gasteiger partial charge in [-0.15, -0.1) is 0 Å². The summed E-state index contributed by atoms with van der Waals surface area (Å²) in [5.41, 5.74) is 1.23. The molecule has 0 aromatic heterocycles. The van der Waals surface area contributed by atoms with Crippen LogP contribution < -0.4 is 15.0 Å². The van der Waals surface area contributed by atoms with Crippen LogP contribution in [0.2, 0.25) is 0 Å². The van der Waals surface area contributed by atoms with E-state index in [-0.39, 0.29) is 0 Å². The number of likely N-dealkylation sites (N-methyl/N-ethyl adjacent to an activating group) is 1. The smallest absolute Gasteiger partial charge is 0.193 e. The second kappa shape index (κ2) is 10.7. The molecule has 0 radical (unpaired) electrons. The maximum absolute atomic E-state index is 5.37. The van der Waals surface area contributed by atoms with Crippen molar-refractivity contribution in [2.45, 2.75) is 19.9 Å². The highest BCUT2D eigenvalue weighted by Gasteiger charge is 2.23. The lowest BCUT2D eigenvalue weighted by atomic mass is 10.2. The van der Waals surface area contributed by atoms with Gasteiger partial charge in [0.25, 0.3) is 0 Å². The van der Waals surface area contributed by atoms with Gasteiger partial charge in [0.05, 0.1) is 7.11 Å². The minimum Gasteiger partial charge on any atom is -0.497 e. The van der Waals surface area contributed by atoms with Crippen LogP contribution in [0.25, 0.3) is 0 Å². The number of piperazine rings is 2. The van der Waals surface area contributed by atoms with Crippen LogP contribution in [-0.2, 0) is 0 Å². The van der Waals surface area contributed by atoms with Crippen LogP contribution in [-0.4, -0.2) is 106 Å². The molecule has 0 spiro atoms. The summed E-state index contributed by atoms with van der Waals surface area (Å²) < 4.78 is 5.37. The van der Waals surface area contributed by atoms with Crippen LogP contribution in [0.15, 0.2) is 29.3 Å². The van der Waals surface area contributed by atoms with Gasteiger partial charge in [-0.05, 0) is 25.6 Å². The SMILES string of the molecule is CCN1CCN(C(C)CNC(=NC)N2CCN(c3cccc(OC)c3)CC2)CC1. The standard InChI is InChI=1S/C22H38N6O/c1-5-25-9-11-26(12-10-25)19(2)18-24-22(23-3)28-15-13-27(14-16-28)20-7-6-8-21(17-20)29-4/h6-8,17,19H,5,9-16,18H2,1-4H3,(H,23,24). The van der Waals surface area contributed by atoms with Crippen molar-refractivity contribution in [1.29, 1.82) is 0 Å². The summed E-state index contributed by atoms with van der Waals surface area (Å²) in [5.74, 6) is 1.94. The van der Waals surface area contributed by atoms with Crippen LogP contribution in [0.1, 0.15) is 13.8 Å². The van der Waals surface area contributed by atoms with Crippen molar-refractivity contribution in [3.8, 4) is 5.75 Å². The lowest BCUT2D eigenvalue weighted by Crippen LogP contribution is -2.56. The molecule has 1 N–H and O–H groups in total. The second-order valence-electron chi connectivity index (χ2n) is 7.92. The lowest BCUT2D eigenvalue weighted by Gasteiger charge is -2.39. The Morgan fingerprint density at radius 2 is 1.83 bits per heavy atom. The molecule has 1 aromatic rings. The quantitative estimate of drug-likeness (QED) is 0.574. The van der Waals surface area contributed by atoms with Crippen LogP contribution >= 0.6 is 0 Å². The summed E-state index contributed by atoms with van der Waals surface area (Å²) in [6, 6.07) is 8.84. The van der Waals surface area contributed by atoms with E-state index in [4.69, 9.17) is 4.74 Å². The molecule has 2 fully saturated rings. The number of methoxy groups -OCH3 is 1. The van der Waals surface area contributed by atoms with Gasteiger partial charge in [0.15, 0.2) is 5.96 Å². The van der Waals surface area contributed by atoms with Crippen molar-refractivity contribution in [3.05, 3.63) is 24.3 Å². The lowest BCUT2D eigenvalue weighted by molar-refractivity contribution is 0.107. The number of hydrogen-bond acceptors (Lipinski definition) is 5. The number of hydrogen-bond donors (Lipinski definition) is 1. The summed E-state index contributed by atoms with van der Waals surface area (Å²) in [4.78, 5) is 14.5. The summed E-state index contributed by atoms with van der Waals surface area (Å²) in [5, 5.41) is 3.62. The summed E-state index contributed by atoms with van der Waals surface area (Å²) >= 11 is 0. The van der Waals surface area contributed by atoms with E-state index in [0.29, 0.717) is 6.04 Å². The van der Waals surface area contributed by atoms with E-state index in [0.717, 1.165) is 64.1 Å². The number of benzene rings is 1. The van der Waals surface area contributed by atoms with Crippen LogP contribution in [0.4, 0.5) is 5.69 Å². The van der Waals surface area contributed by atoms with E-state index in [1.165, 1.54) is 18.8 Å². The van der Waals surface area contributed by atoms with E-state index in [1.807, 2.05) is 13.1 Å². The van der Waals surface area contributed by atoms with Gasteiger partial charge in [-0.1, -0.05) is 13.0 Å². The largest absolute Gasteiger partial charge is 0.497 e. The first-order valence-electron chi connectivity index (χ1n) is 11.0. The topological polar surface area (TPSA) is 46.6 Å². The van der Waals surface area contributed by atoms with E-state index in [1.54, 1.807) is 7.11 Å². The second-order valence-corrected chi connectivity index (χ2v) is 7.92. The van der Waals surface area contributed by atoms with Crippen molar-refractivity contribution >= 4 is 11.6 Å². The number of ether oxygens (including phenoxy) is 1. The third kappa shape index (κ3) is 5.76. The molecule has 2 aliphatic rings. The number of anilines is 1. The summed E-state index contributed by atoms with van der Waals surface area (Å²) in [6.07, 6.45) is 0. The molecule has 0 aliphatic carbocycles. The minimum atomic E-state index is 0.517. The Labute approximate surface area is 176 Å². The van der Waals surface area contributed by atoms with Gasteiger partial charge in [0.1, 0.15) is 5.75 Å². The zero-order valence-electron chi connectivity index (χ0n) is 18.6. The summed E-state index contributed by atoms with van der Waals surface area (Å²) in [7, 11) is 3.61. The molecule has 2 heterocycles. The monoisotopic (exact) mass is 402 g/mol. The van der Waals surface area contributed by atoms with Crippen molar-refractivity contribution in [2.24, 2.45) is 4.99 Å². The molecule has 7 nitrogen and oxygen atoms in total. The molecule has 1 aromatic carbocycles. The number of guanidine groups is 1. The molecule has 7 heteroatoms. The molecule has 0 bridgehead atoms. The Hall–Kier alpha value is -1.99. The van der Waals surface area contributed by atoms with Crippen LogP contribution in [0.3, 0.4) is 0 Å². The number of nitrogens with zero attached hydrogens (tertiary/aromatic N) is 5. The molecule has 2 aliphatic heterocycles. The average Bonchev–Trinajstić information content (AvgIpc) is 2.79. The van der Waals surface area contributed by atoms with Crippen molar-refractivity contribution in [3.63, 3.8) is 0 Å². The van der Waals surface area contributed by atoms with Gasteiger partial charge in [0.2, 0.25) is 0 Å². The zero-order chi connectivity index (χ0) is 20.6. The first-order chi connectivity index (χ1) is 14.1. The van der Waals surface area contributed by atoms with E-state index >= 15 is 0 Å². The van der Waals surface area contributed by atoms with E-state index < -0.39 is 0 Å². The predicted octanol–water partition coefficient (Wildman–Crippen LogP) is 1.42. The maximum Gasteiger partial charge on any atom is 0.193 e. The molecular weight excluding hydrogens is 364 g/mol. The molecular formula is C22H38N6O. The van der Waals surface area contributed by atoms with E-state index in [2.05, 4.69) is 62.0 Å². The van der Waals surface area contributed by atoms with Gasteiger partial charge < -0.3 is 24.8 Å².